The zero-order chi connectivity index (χ0) is 24.4. The first-order valence-electron chi connectivity index (χ1n) is 10.9. The number of imidazole rings is 1. The molecule has 5 rings (SSSR count). The molecule has 2 aromatic heterocycles. The molecule has 0 aliphatic carbocycles. The van der Waals surface area contributed by atoms with Crippen molar-refractivity contribution < 1.29 is 18.3 Å². The lowest BCUT2D eigenvalue weighted by molar-refractivity contribution is -0.111. The number of amides is 1. The molecule has 2 N–H and O–H groups in total. The van der Waals surface area contributed by atoms with Crippen LogP contribution < -0.4 is 15.5 Å². The number of rotatable bonds is 6. The van der Waals surface area contributed by atoms with Gasteiger partial charge in [0.2, 0.25) is 11.9 Å². The first-order valence-corrected chi connectivity index (χ1v) is 10.9. The van der Waals surface area contributed by atoms with Crippen molar-refractivity contribution in [2.45, 2.75) is 0 Å². The molecule has 1 aliphatic heterocycles. The van der Waals surface area contributed by atoms with E-state index in [4.69, 9.17) is 4.74 Å². The minimum absolute atomic E-state index is 0.0605. The van der Waals surface area contributed by atoms with Crippen LogP contribution in [-0.4, -0.2) is 51.8 Å². The Morgan fingerprint density at radius 2 is 1.91 bits per heavy atom. The number of ether oxygens (including phenoxy) is 1. The second-order valence-corrected chi connectivity index (χ2v) is 7.75. The van der Waals surface area contributed by atoms with Crippen LogP contribution in [0.2, 0.25) is 0 Å². The van der Waals surface area contributed by atoms with E-state index in [9.17, 15) is 13.6 Å². The maximum absolute atomic E-state index is 14.9. The van der Waals surface area contributed by atoms with Crippen LogP contribution in [0.5, 0.6) is 0 Å². The highest BCUT2D eigenvalue weighted by molar-refractivity contribution is 5.99. The number of benzene rings is 2. The minimum atomic E-state index is -1.02. The highest BCUT2D eigenvalue weighted by Crippen LogP contribution is 2.29. The van der Waals surface area contributed by atoms with Crippen LogP contribution in [0.25, 0.3) is 16.9 Å². The summed E-state index contributed by atoms with van der Waals surface area (Å²) in [5.41, 5.74) is 2.49. The van der Waals surface area contributed by atoms with Crippen LogP contribution in [-0.2, 0) is 9.53 Å². The number of nitrogens with zero attached hydrogens (tertiary/aromatic N) is 5. The average molecular weight is 477 g/mol. The third-order valence-corrected chi connectivity index (χ3v) is 5.53. The number of hydrogen-bond donors (Lipinski definition) is 2. The molecular formula is C24H21F2N7O2. The fourth-order valence-corrected chi connectivity index (χ4v) is 3.80. The van der Waals surface area contributed by atoms with Gasteiger partial charge in [0.25, 0.3) is 0 Å². The van der Waals surface area contributed by atoms with Gasteiger partial charge in [0.15, 0.2) is 17.3 Å². The number of anilines is 4. The number of aromatic nitrogens is 4. The second-order valence-electron chi connectivity index (χ2n) is 7.75. The summed E-state index contributed by atoms with van der Waals surface area (Å²) in [6.07, 6.45) is 4.26. The van der Waals surface area contributed by atoms with Crippen molar-refractivity contribution in [1.82, 2.24) is 19.6 Å². The number of carbonyl (C=O) groups excluding carboxylic acids is 1. The van der Waals surface area contributed by atoms with E-state index in [1.165, 1.54) is 28.9 Å². The SMILES string of the molecule is C=CC(=O)Nc1cccc(-c2cnc3cnc(Nc4ccc(N5CCOCC5)c(F)c4F)nn23)c1. The van der Waals surface area contributed by atoms with Gasteiger partial charge in [-0.1, -0.05) is 18.7 Å². The molecule has 178 valence electrons. The van der Waals surface area contributed by atoms with E-state index in [0.29, 0.717) is 43.3 Å². The number of hydrogen-bond acceptors (Lipinski definition) is 7. The van der Waals surface area contributed by atoms with Crippen LogP contribution in [0.4, 0.5) is 31.8 Å². The first kappa shape index (κ1) is 22.4. The summed E-state index contributed by atoms with van der Waals surface area (Å²) < 4.78 is 36.5. The fourth-order valence-electron chi connectivity index (χ4n) is 3.80. The van der Waals surface area contributed by atoms with Gasteiger partial charge in [-0.3, -0.25) is 4.79 Å². The Morgan fingerprint density at radius 1 is 1.09 bits per heavy atom. The molecule has 0 bridgehead atoms. The summed E-state index contributed by atoms with van der Waals surface area (Å²) >= 11 is 0. The number of fused-ring (bicyclic) bond motifs is 1. The van der Waals surface area contributed by atoms with Gasteiger partial charge < -0.3 is 20.3 Å². The predicted molar refractivity (Wildman–Crippen MR) is 128 cm³/mol. The van der Waals surface area contributed by atoms with Gasteiger partial charge in [-0.15, -0.1) is 5.10 Å². The molecule has 3 heterocycles. The van der Waals surface area contributed by atoms with E-state index in [2.05, 4.69) is 32.3 Å². The summed E-state index contributed by atoms with van der Waals surface area (Å²) in [4.78, 5) is 21.9. The number of halogens is 2. The Bertz CT molecular complexity index is 1420. The van der Waals surface area contributed by atoms with Crippen molar-refractivity contribution in [3.8, 4) is 11.3 Å². The van der Waals surface area contributed by atoms with E-state index >= 15 is 0 Å². The maximum Gasteiger partial charge on any atom is 0.247 e. The van der Waals surface area contributed by atoms with Gasteiger partial charge in [0.1, 0.15) is 0 Å². The molecule has 0 radical (unpaired) electrons. The first-order chi connectivity index (χ1) is 17.0. The Labute approximate surface area is 199 Å². The molecule has 0 unspecified atom stereocenters. The topological polar surface area (TPSA) is 96.7 Å². The normalized spacial score (nSPS) is 13.6. The third kappa shape index (κ3) is 4.53. The summed E-state index contributed by atoms with van der Waals surface area (Å²) in [5, 5.41) is 9.87. The molecule has 1 saturated heterocycles. The molecular weight excluding hydrogens is 456 g/mol. The Balaban J connectivity index is 1.44. The summed E-state index contributed by atoms with van der Waals surface area (Å²) in [7, 11) is 0. The van der Waals surface area contributed by atoms with Crippen molar-refractivity contribution in [3.05, 3.63) is 73.1 Å². The smallest absolute Gasteiger partial charge is 0.247 e. The van der Waals surface area contributed by atoms with Gasteiger partial charge in [-0.2, -0.15) is 0 Å². The highest BCUT2D eigenvalue weighted by Gasteiger charge is 2.21. The Hall–Kier alpha value is -4.38. The van der Waals surface area contributed by atoms with Crippen LogP contribution in [0.3, 0.4) is 0 Å². The van der Waals surface area contributed by atoms with E-state index in [1.807, 2.05) is 6.07 Å². The predicted octanol–water partition coefficient (Wildman–Crippen LogP) is 3.77. The average Bonchev–Trinajstić information content (AvgIpc) is 3.31. The molecule has 0 atom stereocenters. The van der Waals surface area contributed by atoms with E-state index in [1.54, 1.807) is 29.3 Å². The summed E-state index contributed by atoms with van der Waals surface area (Å²) in [6.45, 7) is 5.36. The van der Waals surface area contributed by atoms with Crippen molar-refractivity contribution in [2.24, 2.45) is 0 Å². The van der Waals surface area contributed by atoms with Crippen molar-refractivity contribution in [2.75, 3.05) is 41.8 Å². The lowest BCUT2D eigenvalue weighted by Crippen LogP contribution is -2.36. The van der Waals surface area contributed by atoms with Crippen molar-refractivity contribution >= 4 is 34.6 Å². The van der Waals surface area contributed by atoms with Crippen molar-refractivity contribution in [1.29, 1.82) is 0 Å². The third-order valence-electron chi connectivity index (χ3n) is 5.53. The van der Waals surface area contributed by atoms with Gasteiger partial charge in [-0.05, 0) is 30.3 Å². The minimum Gasteiger partial charge on any atom is -0.378 e. The van der Waals surface area contributed by atoms with Crippen LogP contribution >= 0.6 is 0 Å². The van der Waals surface area contributed by atoms with Crippen molar-refractivity contribution in [3.63, 3.8) is 0 Å². The van der Waals surface area contributed by atoms with Gasteiger partial charge in [0, 0.05) is 24.3 Å². The molecule has 0 spiro atoms. The number of morpholine rings is 1. The van der Waals surface area contributed by atoms with Crippen LogP contribution in [0.1, 0.15) is 0 Å². The standard InChI is InChI=1S/C24H21F2N7O2/c1-2-21(34)29-16-5-3-4-15(12-16)19-13-27-20-14-28-24(31-33(19)20)30-17-6-7-18(23(26)22(17)25)32-8-10-35-11-9-32/h2-7,12-14H,1,8-11H2,(H,29,34)(H,30,31). The second kappa shape index (κ2) is 9.47. The number of carbonyl (C=O) groups is 1. The molecule has 9 nitrogen and oxygen atoms in total. The fraction of sp³-hybridized carbons (Fsp3) is 0.167. The van der Waals surface area contributed by atoms with Gasteiger partial charge in [0.05, 0.1) is 42.7 Å². The van der Waals surface area contributed by atoms with E-state index < -0.39 is 11.6 Å². The Morgan fingerprint density at radius 3 is 2.71 bits per heavy atom. The molecule has 0 saturated carbocycles. The van der Waals surface area contributed by atoms with E-state index in [-0.39, 0.29) is 23.2 Å². The monoisotopic (exact) mass is 477 g/mol. The Kier molecular flexibility index (Phi) is 6.06. The molecule has 11 heteroatoms. The van der Waals surface area contributed by atoms with Gasteiger partial charge >= 0.3 is 0 Å². The molecule has 1 aliphatic rings. The van der Waals surface area contributed by atoms with Gasteiger partial charge in [-0.25, -0.2) is 23.3 Å². The summed E-state index contributed by atoms with van der Waals surface area (Å²) in [5.74, 6) is -2.23. The van der Waals surface area contributed by atoms with Crippen LogP contribution in [0.15, 0.2) is 61.4 Å². The zero-order valence-corrected chi connectivity index (χ0v) is 18.5. The molecule has 2 aromatic carbocycles. The quantitative estimate of drug-likeness (QED) is 0.408. The molecule has 1 fully saturated rings. The summed E-state index contributed by atoms with van der Waals surface area (Å²) in [6, 6.07) is 10.1. The highest BCUT2D eigenvalue weighted by atomic mass is 19.2. The lowest BCUT2D eigenvalue weighted by atomic mass is 10.1. The van der Waals surface area contributed by atoms with Crippen LogP contribution in [0, 0.1) is 11.6 Å². The molecule has 4 aromatic rings. The largest absolute Gasteiger partial charge is 0.378 e. The molecule has 1 amide bonds. The van der Waals surface area contributed by atoms with E-state index in [0.717, 1.165) is 5.56 Å². The number of nitrogens with one attached hydrogen (secondary N) is 2. The lowest BCUT2D eigenvalue weighted by Gasteiger charge is -2.29. The molecule has 35 heavy (non-hydrogen) atoms. The maximum atomic E-state index is 14.9. The zero-order valence-electron chi connectivity index (χ0n) is 18.5.